The Balaban J connectivity index is 1.97. The van der Waals surface area contributed by atoms with Gasteiger partial charge in [-0.15, -0.1) is 0 Å². The van der Waals surface area contributed by atoms with E-state index in [2.05, 4.69) is 15.0 Å². The second-order valence-electron chi connectivity index (χ2n) is 8.19. The molecule has 1 aromatic carbocycles. The van der Waals surface area contributed by atoms with Gasteiger partial charge in [0, 0.05) is 29.5 Å². The summed E-state index contributed by atoms with van der Waals surface area (Å²) in [7, 11) is 0. The van der Waals surface area contributed by atoms with Crippen molar-refractivity contribution in [1.82, 2.24) is 10.3 Å². The fraction of sp³-hybridized carbons (Fsp3) is 0.391. The lowest BCUT2D eigenvalue weighted by atomic mass is 9.77. The maximum Gasteiger partial charge on any atom is 0.416 e. The van der Waals surface area contributed by atoms with Gasteiger partial charge in [0.2, 0.25) is 5.91 Å². The number of pyridine rings is 1. The Kier molecular flexibility index (Phi) is 7.83. The van der Waals surface area contributed by atoms with Crippen molar-refractivity contribution >= 4 is 11.5 Å². The number of halogens is 6. The minimum atomic E-state index is -4.95. The molecule has 0 saturated carbocycles. The first-order valence-electron chi connectivity index (χ1n) is 10.7. The van der Waals surface area contributed by atoms with Crippen LogP contribution in [0, 0.1) is 6.92 Å². The number of benzene rings is 1. The number of azide groups is 1. The molecule has 2 heterocycles. The lowest BCUT2D eigenvalue weighted by molar-refractivity contribution is -0.201. The molecule has 13 heteroatoms. The van der Waals surface area contributed by atoms with E-state index >= 15 is 0 Å². The molecule has 2 aromatic rings. The third-order valence-corrected chi connectivity index (χ3v) is 5.62. The van der Waals surface area contributed by atoms with Gasteiger partial charge in [0.15, 0.2) is 5.54 Å². The summed E-state index contributed by atoms with van der Waals surface area (Å²) in [5.74, 6) is -0.976. The highest BCUT2D eigenvalue weighted by molar-refractivity contribution is 6.04. The van der Waals surface area contributed by atoms with Crippen LogP contribution in [0.4, 0.5) is 26.3 Å². The number of carbonyl (C=O) groups is 1. The van der Waals surface area contributed by atoms with Crippen molar-refractivity contribution in [2.75, 3.05) is 13.2 Å². The van der Waals surface area contributed by atoms with Crippen LogP contribution in [0.3, 0.4) is 0 Å². The zero-order valence-electron chi connectivity index (χ0n) is 19.0. The molecule has 192 valence electrons. The number of hydrogen-bond donors (Lipinski definition) is 1. The maximum atomic E-state index is 14.6. The van der Waals surface area contributed by atoms with E-state index in [1.165, 1.54) is 24.4 Å². The van der Waals surface area contributed by atoms with E-state index in [9.17, 15) is 31.1 Å². The summed E-state index contributed by atoms with van der Waals surface area (Å²) < 4.78 is 85.7. The van der Waals surface area contributed by atoms with Crippen LogP contribution in [0.25, 0.3) is 16.0 Å². The van der Waals surface area contributed by atoms with Crippen LogP contribution in [-0.4, -0.2) is 36.4 Å². The van der Waals surface area contributed by atoms with E-state index in [0.717, 1.165) is 17.7 Å². The first-order valence-corrected chi connectivity index (χ1v) is 10.7. The third kappa shape index (κ3) is 6.09. The monoisotopic (exact) mass is 513 g/mol. The Morgan fingerprint density at radius 1 is 1.14 bits per heavy atom. The molecule has 0 spiro atoms. The van der Waals surface area contributed by atoms with Crippen LogP contribution >= 0.6 is 0 Å². The molecule has 0 unspecified atom stereocenters. The Hall–Kier alpha value is -3.73. The number of nitrogens with one attached hydrogen (secondary N) is 1. The molecule has 1 aliphatic heterocycles. The molecule has 0 bridgehead atoms. The molecule has 1 amide bonds. The normalized spacial score (nSPS) is 18.5. The molecule has 1 N–H and O–H groups in total. The van der Waals surface area contributed by atoms with E-state index in [1.807, 2.05) is 5.32 Å². The van der Waals surface area contributed by atoms with Gasteiger partial charge in [-0.1, -0.05) is 23.3 Å². The fourth-order valence-electron chi connectivity index (χ4n) is 3.79. The average Bonchev–Trinajstić information content (AvgIpc) is 2.80. The molecule has 0 saturated heterocycles. The molecule has 1 aliphatic rings. The zero-order chi connectivity index (χ0) is 26.6. The van der Waals surface area contributed by atoms with Gasteiger partial charge < -0.3 is 10.1 Å². The smallest absolute Gasteiger partial charge is 0.416 e. The number of rotatable bonds is 8. The Labute approximate surface area is 201 Å². The minimum Gasteiger partial charge on any atom is -0.494 e. The van der Waals surface area contributed by atoms with Gasteiger partial charge in [0.1, 0.15) is 5.75 Å². The van der Waals surface area contributed by atoms with Crippen LogP contribution in [0.2, 0.25) is 0 Å². The first kappa shape index (κ1) is 26.9. The highest BCUT2D eigenvalue weighted by Gasteiger charge is 2.59. The van der Waals surface area contributed by atoms with Crippen molar-refractivity contribution in [2.45, 2.75) is 44.1 Å². The van der Waals surface area contributed by atoms with Crippen molar-refractivity contribution in [2.24, 2.45) is 5.11 Å². The summed E-state index contributed by atoms with van der Waals surface area (Å²) in [5.41, 5.74) is 6.27. The van der Waals surface area contributed by atoms with Crippen LogP contribution in [0.5, 0.6) is 5.75 Å². The van der Waals surface area contributed by atoms with Gasteiger partial charge >= 0.3 is 12.4 Å². The number of hydrogen-bond acceptors (Lipinski definition) is 4. The molecular formula is C23H21F6N5O2. The Morgan fingerprint density at radius 2 is 1.83 bits per heavy atom. The van der Waals surface area contributed by atoms with E-state index in [0.29, 0.717) is 0 Å². The van der Waals surface area contributed by atoms with Gasteiger partial charge in [0.25, 0.3) is 0 Å². The lowest BCUT2D eigenvalue weighted by Gasteiger charge is -2.41. The molecule has 0 radical (unpaired) electrons. The molecular weight excluding hydrogens is 492 g/mol. The Bertz CT molecular complexity index is 1170. The summed E-state index contributed by atoms with van der Waals surface area (Å²) in [6, 6.07) is 7.72. The second-order valence-corrected chi connectivity index (χ2v) is 8.19. The van der Waals surface area contributed by atoms with Gasteiger partial charge in [-0.05, 0) is 53.8 Å². The number of aryl methyl sites for hydroxylation is 1. The van der Waals surface area contributed by atoms with Gasteiger partial charge in [0.05, 0.1) is 18.8 Å². The summed E-state index contributed by atoms with van der Waals surface area (Å²) in [4.78, 5) is 19.7. The number of carbonyl (C=O) groups excluding carboxylic acids is 1. The highest BCUT2D eigenvalue weighted by atomic mass is 19.4. The number of alkyl halides is 6. The van der Waals surface area contributed by atoms with Crippen molar-refractivity contribution in [3.8, 4) is 5.75 Å². The van der Waals surface area contributed by atoms with Gasteiger partial charge in [-0.25, -0.2) is 0 Å². The van der Waals surface area contributed by atoms with E-state index in [-0.39, 0.29) is 41.2 Å². The van der Waals surface area contributed by atoms with Crippen LogP contribution in [-0.2, 0) is 10.3 Å². The zero-order valence-corrected chi connectivity index (χ0v) is 19.0. The molecule has 7 nitrogen and oxygen atoms in total. The first-order chi connectivity index (χ1) is 16.9. The number of aromatic nitrogens is 1. The van der Waals surface area contributed by atoms with Crippen molar-refractivity contribution in [3.63, 3.8) is 0 Å². The van der Waals surface area contributed by atoms with Gasteiger partial charge in [-0.2, -0.15) is 26.3 Å². The standard InChI is InChI=1S/C23H21F6N5O2/c1-14-3-8-19(31-12-14)17-11-21(23(27,28)29,33-20(35)18(17)13-32-34-30)15-4-6-16(7-5-15)36-10-2-9-22(24,25)26/h3-8,12H,2,9-11,13H2,1H3,(H,33,35)/t21-/m0/s1. The third-order valence-electron chi connectivity index (χ3n) is 5.62. The highest BCUT2D eigenvalue weighted by Crippen LogP contribution is 2.48. The molecule has 1 aromatic heterocycles. The van der Waals surface area contributed by atoms with Crippen LogP contribution in [0.1, 0.15) is 36.1 Å². The molecule has 3 rings (SSSR count). The number of amides is 1. The minimum absolute atomic E-state index is 0.0176. The van der Waals surface area contributed by atoms with Crippen LogP contribution in [0.15, 0.2) is 53.3 Å². The second kappa shape index (κ2) is 10.5. The fourth-order valence-corrected chi connectivity index (χ4v) is 3.79. The van der Waals surface area contributed by atoms with E-state index < -0.39 is 43.2 Å². The van der Waals surface area contributed by atoms with E-state index in [4.69, 9.17) is 10.3 Å². The van der Waals surface area contributed by atoms with Crippen molar-refractivity contribution in [3.05, 3.63) is 75.4 Å². The van der Waals surface area contributed by atoms with Crippen LogP contribution < -0.4 is 10.1 Å². The lowest BCUT2D eigenvalue weighted by Crippen LogP contribution is -2.59. The van der Waals surface area contributed by atoms with Crippen molar-refractivity contribution in [1.29, 1.82) is 0 Å². The predicted octanol–water partition coefficient (Wildman–Crippen LogP) is 6.15. The maximum absolute atomic E-state index is 14.6. The predicted molar refractivity (Wildman–Crippen MR) is 118 cm³/mol. The Morgan fingerprint density at radius 3 is 2.39 bits per heavy atom. The summed E-state index contributed by atoms with van der Waals surface area (Å²) >= 11 is 0. The average molecular weight is 513 g/mol. The summed E-state index contributed by atoms with van der Waals surface area (Å²) in [6.45, 7) is 1.01. The molecule has 1 atom stereocenters. The number of nitrogens with zero attached hydrogens (tertiary/aromatic N) is 4. The van der Waals surface area contributed by atoms with E-state index in [1.54, 1.807) is 13.0 Å². The molecule has 0 aliphatic carbocycles. The molecule has 36 heavy (non-hydrogen) atoms. The summed E-state index contributed by atoms with van der Waals surface area (Å²) in [6.07, 6.45) is -9.91. The summed E-state index contributed by atoms with van der Waals surface area (Å²) in [5, 5.41) is 5.40. The van der Waals surface area contributed by atoms with Crippen molar-refractivity contribution < 1.29 is 35.9 Å². The topological polar surface area (TPSA) is 100.0 Å². The SMILES string of the molecule is Cc1ccc(C2=C(CN=[N+]=[N-])C(=O)N[C@@](c3ccc(OCCCC(F)(F)F)cc3)(C(F)(F)F)C2)nc1. The largest absolute Gasteiger partial charge is 0.494 e. The number of ether oxygens (including phenoxy) is 1. The van der Waals surface area contributed by atoms with Gasteiger partial charge in [-0.3, -0.25) is 9.78 Å². The quantitative estimate of drug-likeness (QED) is 0.151. The molecule has 0 fully saturated rings.